The summed E-state index contributed by atoms with van der Waals surface area (Å²) in [5, 5.41) is 16.9. The van der Waals surface area contributed by atoms with Crippen LogP contribution in [0.2, 0.25) is 0 Å². The van der Waals surface area contributed by atoms with Gasteiger partial charge in [-0.1, -0.05) is 6.07 Å². The molecule has 18 heavy (non-hydrogen) atoms. The molecule has 0 atom stereocenters. The molecule has 92 valence electrons. The highest BCUT2D eigenvalue weighted by atomic mass is 32.1. The number of benzene rings is 1. The Morgan fingerprint density at radius 3 is 2.78 bits per heavy atom. The van der Waals surface area contributed by atoms with E-state index in [1.54, 1.807) is 35.9 Å². The maximum absolute atomic E-state index is 11.8. The minimum Gasteiger partial charge on any atom is -0.322 e. The lowest BCUT2D eigenvalue weighted by Gasteiger charge is -2.04. The summed E-state index contributed by atoms with van der Waals surface area (Å²) in [4.78, 5) is 22.1. The summed E-state index contributed by atoms with van der Waals surface area (Å²) in [5.41, 5.74) is 1.53. The molecule has 0 bridgehead atoms. The Labute approximate surface area is 107 Å². The second-order valence-corrected chi connectivity index (χ2v) is 4.50. The third-order valence-electron chi connectivity index (χ3n) is 2.45. The van der Waals surface area contributed by atoms with Crippen molar-refractivity contribution < 1.29 is 9.72 Å². The molecule has 1 aromatic heterocycles. The van der Waals surface area contributed by atoms with Gasteiger partial charge >= 0.3 is 0 Å². The second-order valence-electron chi connectivity index (χ2n) is 3.72. The smallest absolute Gasteiger partial charge is 0.274 e. The molecule has 5 nitrogen and oxygen atoms in total. The van der Waals surface area contributed by atoms with Gasteiger partial charge in [-0.05, 0) is 24.4 Å². The molecule has 0 aliphatic rings. The first-order chi connectivity index (χ1) is 8.58. The molecule has 1 N–H and O–H groups in total. The number of nitro groups is 1. The van der Waals surface area contributed by atoms with Gasteiger partial charge in [0.1, 0.15) is 0 Å². The Hall–Kier alpha value is -2.21. The zero-order chi connectivity index (χ0) is 13.1. The zero-order valence-corrected chi connectivity index (χ0v) is 10.4. The highest BCUT2D eigenvalue weighted by molar-refractivity contribution is 7.08. The lowest BCUT2D eigenvalue weighted by Crippen LogP contribution is -2.11. The van der Waals surface area contributed by atoms with Crippen LogP contribution >= 0.6 is 11.3 Å². The van der Waals surface area contributed by atoms with Crippen LogP contribution in [0, 0.1) is 17.0 Å². The van der Waals surface area contributed by atoms with Gasteiger partial charge in [0, 0.05) is 22.7 Å². The van der Waals surface area contributed by atoms with Crippen LogP contribution in [-0.2, 0) is 0 Å². The van der Waals surface area contributed by atoms with Gasteiger partial charge in [0.05, 0.1) is 10.5 Å². The molecule has 1 aromatic carbocycles. The molecule has 0 unspecified atom stereocenters. The minimum absolute atomic E-state index is 0.00174. The number of nitro benzene ring substituents is 1. The lowest BCUT2D eigenvalue weighted by molar-refractivity contribution is -0.385. The fourth-order valence-corrected chi connectivity index (χ4v) is 2.12. The first kappa shape index (κ1) is 12.3. The number of rotatable bonds is 3. The van der Waals surface area contributed by atoms with Crippen LogP contribution in [-0.4, -0.2) is 10.8 Å². The maximum atomic E-state index is 11.8. The van der Waals surface area contributed by atoms with E-state index in [-0.39, 0.29) is 11.6 Å². The number of anilines is 1. The summed E-state index contributed by atoms with van der Waals surface area (Å²) in [6.07, 6.45) is 0. The molecule has 0 fully saturated rings. The first-order valence-corrected chi connectivity index (χ1v) is 6.11. The van der Waals surface area contributed by atoms with Crippen LogP contribution in [0.15, 0.2) is 35.0 Å². The van der Waals surface area contributed by atoms with Crippen LogP contribution in [0.1, 0.15) is 15.9 Å². The third-order valence-corrected chi connectivity index (χ3v) is 3.13. The van der Waals surface area contributed by atoms with Gasteiger partial charge in [-0.25, -0.2) is 0 Å². The summed E-state index contributed by atoms with van der Waals surface area (Å²) in [5.74, 6) is -0.269. The fourth-order valence-electron chi connectivity index (χ4n) is 1.48. The number of nitrogens with one attached hydrogen (secondary N) is 1. The minimum atomic E-state index is -0.463. The first-order valence-electron chi connectivity index (χ1n) is 5.16. The molecule has 0 radical (unpaired) electrons. The van der Waals surface area contributed by atoms with Gasteiger partial charge in [-0.2, -0.15) is 11.3 Å². The van der Waals surface area contributed by atoms with E-state index in [0.29, 0.717) is 16.8 Å². The van der Waals surface area contributed by atoms with Crippen molar-refractivity contribution in [1.82, 2.24) is 0 Å². The molecule has 1 amide bonds. The Kier molecular flexibility index (Phi) is 3.38. The van der Waals surface area contributed by atoms with Gasteiger partial charge in [-0.15, -0.1) is 0 Å². The molecular weight excluding hydrogens is 252 g/mol. The number of thiophene rings is 1. The normalized spacial score (nSPS) is 10.1. The average molecular weight is 262 g/mol. The molecular formula is C12H10N2O3S. The predicted octanol–water partition coefficient (Wildman–Crippen LogP) is 3.22. The summed E-state index contributed by atoms with van der Waals surface area (Å²) in [7, 11) is 0. The molecule has 0 saturated heterocycles. The van der Waals surface area contributed by atoms with Gasteiger partial charge in [0.2, 0.25) is 0 Å². The number of hydrogen-bond donors (Lipinski definition) is 1. The highest BCUT2D eigenvalue weighted by Crippen LogP contribution is 2.22. The van der Waals surface area contributed by atoms with Crippen LogP contribution in [0.3, 0.4) is 0 Å². The zero-order valence-electron chi connectivity index (χ0n) is 9.54. The van der Waals surface area contributed by atoms with Crippen molar-refractivity contribution in [2.45, 2.75) is 6.92 Å². The third kappa shape index (κ3) is 2.54. The molecule has 1 heterocycles. The van der Waals surface area contributed by atoms with Gasteiger partial charge in [0.25, 0.3) is 11.6 Å². The van der Waals surface area contributed by atoms with Crippen molar-refractivity contribution in [3.63, 3.8) is 0 Å². The SMILES string of the molecule is Cc1ccc(NC(=O)c2ccsc2)cc1[N+](=O)[O-]. The molecule has 0 aliphatic heterocycles. The molecule has 6 heteroatoms. The largest absolute Gasteiger partial charge is 0.322 e. The quantitative estimate of drug-likeness (QED) is 0.681. The number of hydrogen-bond acceptors (Lipinski definition) is 4. The Morgan fingerprint density at radius 1 is 1.39 bits per heavy atom. The van der Waals surface area contributed by atoms with Crippen molar-refractivity contribution in [3.05, 3.63) is 56.3 Å². The standard InChI is InChI=1S/C12H10N2O3S/c1-8-2-3-10(6-11(8)14(16)17)13-12(15)9-4-5-18-7-9/h2-7H,1H3,(H,13,15). The van der Waals surface area contributed by atoms with E-state index >= 15 is 0 Å². The topological polar surface area (TPSA) is 72.2 Å². The lowest BCUT2D eigenvalue weighted by atomic mass is 10.2. The molecule has 0 saturated carbocycles. The van der Waals surface area contributed by atoms with Crippen LogP contribution in [0.5, 0.6) is 0 Å². The average Bonchev–Trinajstić information content (AvgIpc) is 2.85. The summed E-state index contributed by atoms with van der Waals surface area (Å²) < 4.78 is 0. The van der Waals surface area contributed by atoms with Crippen LogP contribution in [0.25, 0.3) is 0 Å². The molecule has 2 aromatic rings. The van der Waals surface area contributed by atoms with Gasteiger partial charge in [-0.3, -0.25) is 14.9 Å². The van der Waals surface area contributed by atoms with Crippen LogP contribution in [0.4, 0.5) is 11.4 Å². The number of aryl methyl sites for hydroxylation is 1. The Bertz CT molecular complexity index is 593. The van der Waals surface area contributed by atoms with Crippen molar-refractivity contribution in [1.29, 1.82) is 0 Å². The van der Waals surface area contributed by atoms with Crippen molar-refractivity contribution >= 4 is 28.6 Å². The van der Waals surface area contributed by atoms with Crippen molar-refractivity contribution in [2.24, 2.45) is 0 Å². The number of nitrogens with zero attached hydrogens (tertiary/aromatic N) is 1. The fraction of sp³-hybridized carbons (Fsp3) is 0.0833. The highest BCUT2D eigenvalue weighted by Gasteiger charge is 2.13. The van der Waals surface area contributed by atoms with E-state index in [1.807, 2.05) is 0 Å². The van der Waals surface area contributed by atoms with Crippen molar-refractivity contribution in [2.75, 3.05) is 5.32 Å². The van der Waals surface area contributed by atoms with Crippen LogP contribution < -0.4 is 5.32 Å². The van der Waals surface area contributed by atoms with E-state index in [4.69, 9.17) is 0 Å². The molecule has 0 aliphatic carbocycles. The Morgan fingerprint density at radius 2 is 2.17 bits per heavy atom. The van der Waals surface area contributed by atoms with E-state index in [2.05, 4.69) is 5.32 Å². The monoisotopic (exact) mass is 262 g/mol. The Balaban J connectivity index is 2.22. The number of carbonyl (C=O) groups is 1. The van der Waals surface area contributed by atoms with Crippen molar-refractivity contribution in [3.8, 4) is 0 Å². The molecule has 2 rings (SSSR count). The summed E-state index contributed by atoms with van der Waals surface area (Å²) in [6.45, 7) is 1.66. The van der Waals surface area contributed by atoms with E-state index < -0.39 is 4.92 Å². The summed E-state index contributed by atoms with van der Waals surface area (Å²) >= 11 is 1.42. The van der Waals surface area contributed by atoms with E-state index in [0.717, 1.165) is 0 Å². The maximum Gasteiger partial charge on any atom is 0.274 e. The van der Waals surface area contributed by atoms with Gasteiger partial charge in [0.15, 0.2) is 0 Å². The number of amides is 1. The second kappa shape index (κ2) is 4.97. The van der Waals surface area contributed by atoms with Gasteiger partial charge < -0.3 is 5.32 Å². The summed E-state index contributed by atoms with van der Waals surface area (Å²) in [6, 6.07) is 6.32. The predicted molar refractivity (Wildman–Crippen MR) is 70.1 cm³/mol. The molecule has 0 spiro atoms. The van der Waals surface area contributed by atoms with E-state index in [1.165, 1.54) is 17.4 Å². The van der Waals surface area contributed by atoms with E-state index in [9.17, 15) is 14.9 Å². The number of carbonyl (C=O) groups excluding carboxylic acids is 1.